The van der Waals surface area contributed by atoms with E-state index in [-0.39, 0.29) is 5.41 Å². The Morgan fingerprint density at radius 2 is 2.05 bits per heavy atom. The Bertz CT molecular complexity index is 342. The van der Waals surface area contributed by atoms with Gasteiger partial charge in [0.1, 0.15) is 0 Å². The van der Waals surface area contributed by atoms with Crippen LogP contribution < -0.4 is 5.32 Å². The predicted molar refractivity (Wildman–Crippen MR) is 87.3 cm³/mol. The number of nitrogens with one attached hydrogen (secondary N) is 1. The van der Waals surface area contributed by atoms with E-state index in [4.69, 9.17) is 0 Å². The van der Waals surface area contributed by atoms with E-state index in [1.54, 1.807) is 0 Å². The molecule has 0 aromatic heterocycles. The average molecular weight is 295 g/mol. The first-order chi connectivity index (χ1) is 10.00. The molecule has 0 aromatic carbocycles. The Hall–Kier alpha value is -0.610. The number of piperidine rings is 1. The molecule has 2 aliphatic heterocycles. The van der Waals surface area contributed by atoms with Gasteiger partial charge < -0.3 is 15.1 Å². The molecule has 2 heterocycles. The minimum atomic E-state index is -0.126. The summed E-state index contributed by atoms with van der Waals surface area (Å²) < 4.78 is 0. The summed E-state index contributed by atoms with van der Waals surface area (Å²) in [4.78, 5) is 17.6. The molecule has 0 spiro atoms. The summed E-state index contributed by atoms with van der Waals surface area (Å²) in [6.45, 7) is 10.8. The maximum Gasteiger partial charge on any atom is 0.230 e. The van der Waals surface area contributed by atoms with E-state index in [9.17, 15) is 4.79 Å². The molecule has 1 N–H and O–H groups in total. The number of nitrogens with zero attached hydrogens (tertiary/aromatic N) is 2. The molecule has 2 aliphatic rings. The molecule has 2 fully saturated rings. The van der Waals surface area contributed by atoms with Gasteiger partial charge in [-0.1, -0.05) is 13.3 Å². The Balaban J connectivity index is 1.96. The van der Waals surface area contributed by atoms with Gasteiger partial charge in [0.05, 0.1) is 5.41 Å². The molecule has 0 radical (unpaired) electrons. The van der Waals surface area contributed by atoms with Crippen molar-refractivity contribution in [3.05, 3.63) is 0 Å². The number of hydrogen-bond acceptors (Lipinski definition) is 3. The van der Waals surface area contributed by atoms with E-state index in [0.29, 0.717) is 18.0 Å². The van der Waals surface area contributed by atoms with Gasteiger partial charge in [-0.05, 0) is 46.1 Å². The number of amides is 1. The van der Waals surface area contributed by atoms with Crippen LogP contribution in [-0.4, -0.2) is 61.0 Å². The minimum Gasteiger partial charge on any atom is -0.342 e. The Kier molecular flexibility index (Phi) is 5.67. The lowest BCUT2D eigenvalue weighted by Crippen LogP contribution is -2.52. The molecule has 2 rings (SSSR count). The van der Waals surface area contributed by atoms with Gasteiger partial charge in [-0.2, -0.15) is 0 Å². The van der Waals surface area contributed by atoms with E-state index < -0.39 is 0 Å². The quantitative estimate of drug-likeness (QED) is 0.844. The van der Waals surface area contributed by atoms with Crippen molar-refractivity contribution in [1.82, 2.24) is 15.1 Å². The summed E-state index contributed by atoms with van der Waals surface area (Å²) in [5, 5.41) is 3.40. The molecule has 1 atom stereocenters. The first-order valence-electron chi connectivity index (χ1n) is 8.72. The van der Waals surface area contributed by atoms with Crippen LogP contribution in [0, 0.1) is 5.41 Å². The smallest absolute Gasteiger partial charge is 0.230 e. The average Bonchev–Trinajstić information content (AvgIpc) is 2.96. The van der Waals surface area contributed by atoms with Crippen LogP contribution in [0.3, 0.4) is 0 Å². The van der Waals surface area contributed by atoms with Gasteiger partial charge >= 0.3 is 0 Å². The number of carbonyl (C=O) groups excluding carboxylic acids is 1. The second-order valence-electron chi connectivity index (χ2n) is 7.23. The van der Waals surface area contributed by atoms with Crippen LogP contribution in [0.2, 0.25) is 0 Å². The minimum absolute atomic E-state index is 0.126. The second-order valence-corrected chi connectivity index (χ2v) is 7.23. The first kappa shape index (κ1) is 16.8. The van der Waals surface area contributed by atoms with Gasteiger partial charge in [0.15, 0.2) is 0 Å². The molecular weight excluding hydrogens is 262 g/mol. The van der Waals surface area contributed by atoms with Crippen molar-refractivity contribution >= 4 is 5.91 Å². The van der Waals surface area contributed by atoms with Crippen LogP contribution in [0.4, 0.5) is 0 Å². The van der Waals surface area contributed by atoms with E-state index in [2.05, 4.69) is 35.9 Å². The molecule has 4 nitrogen and oxygen atoms in total. The highest BCUT2D eigenvalue weighted by Crippen LogP contribution is 2.34. The van der Waals surface area contributed by atoms with Crippen molar-refractivity contribution in [2.45, 2.75) is 65.0 Å². The topological polar surface area (TPSA) is 35.6 Å². The zero-order chi connectivity index (χ0) is 15.5. The van der Waals surface area contributed by atoms with Gasteiger partial charge in [0, 0.05) is 38.8 Å². The monoisotopic (exact) mass is 295 g/mol. The maximum atomic E-state index is 13.0. The lowest BCUT2D eigenvalue weighted by molar-refractivity contribution is -0.143. The molecular formula is C17H33N3O. The summed E-state index contributed by atoms with van der Waals surface area (Å²) in [5.74, 6) is 0.386. The molecule has 0 bridgehead atoms. The Labute approximate surface area is 130 Å². The predicted octanol–water partition coefficient (Wildman–Crippen LogP) is 2.10. The third-order valence-corrected chi connectivity index (χ3v) is 5.52. The lowest BCUT2D eigenvalue weighted by atomic mass is 9.80. The fourth-order valence-electron chi connectivity index (χ4n) is 4.05. The van der Waals surface area contributed by atoms with Crippen molar-refractivity contribution in [2.75, 3.05) is 33.2 Å². The normalized spacial score (nSPS) is 28.2. The third kappa shape index (κ3) is 3.59. The van der Waals surface area contributed by atoms with Crippen LogP contribution in [0.1, 0.15) is 52.9 Å². The van der Waals surface area contributed by atoms with Crippen LogP contribution in [-0.2, 0) is 4.79 Å². The molecule has 2 saturated heterocycles. The van der Waals surface area contributed by atoms with Crippen molar-refractivity contribution in [3.8, 4) is 0 Å². The largest absolute Gasteiger partial charge is 0.342 e. The van der Waals surface area contributed by atoms with Gasteiger partial charge in [-0.3, -0.25) is 4.79 Å². The standard InChI is InChI=1S/C17H33N3O/c1-5-8-17(9-10-18-13-17)16(21)19(4)15-6-11-20(12-7-15)14(2)3/h14-15,18H,5-13H2,1-4H3. The highest BCUT2D eigenvalue weighted by atomic mass is 16.2. The zero-order valence-corrected chi connectivity index (χ0v) is 14.3. The summed E-state index contributed by atoms with van der Waals surface area (Å²) in [7, 11) is 2.04. The van der Waals surface area contributed by atoms with Gasteiger partial charge in [0.2, 0.25) is 5.91 Å². The fraction of sp³-hybridized carbons (Fsp3) is 0.941. The number of likely N-dealkylation sites (tertiary alicyclic amines) is 1. The number of rotatable bonds is 5. The number of hydrogen-bond donors (Lipinski definition) is 1. The summed E-state index contributed by atoms with van der Waals surface area (Å²) in [5.41, 5.74) is -0.126. The SMILES string of the molecule is CCCC1(C(=O)N(C)C2CCN(C(C)C)CC2)CCNC1. The van der Waals surface area contributed by atoms with Gasteiger partial charge in [-0.15, -0.1) is 0 Å². The maximum absolute atomic E-state index is 13.0. The fourth-order valence-corrected chi connectivity index (χ4v) is 4.05. The van der Waals surface area contributed by atoms with Crippen molar-refractivity contribution in [1.29, 1.82) is 0 Å². The van der Waals surface area contributed by atoms with Crippen LogP contribution in [0.25, 0.3) is 0 Å². The van der Waals surface area contributed by atoms with E-state index >= 15 is 0 Å². The Morgan fingerprint density at radius 1 is 1.38 bits per heavy atom. The van der Waals surface area contributed by atoms with E-state index in [0.717, 1.165) is 58.3 Å². The summed E-state index contributed by atoms with van der Waals surface area (Å²) in [6.07, 6.45) is 5.36. The van der Waals surface area contributed by atoms with Gasteiger partial charge in [-0.25, -0.2) is 0 Å². The molecule has 4 heteroatoms. The van der Waals surface area contributed by atoms with Crippen molar-refractivity contribution in [2.24, 2.45) is 5.41 Å². The molecule has 1 unspecified atom stereocenters. The molecule has 21 heavy (non-hydrogen) atoms. The third-order valence-electron chi connectivity index (χ3n) is 5.52. The van der Waals surface area contributed by atoms with Crippen LogP contribution in [0.15, 0.2) is 0 Å². The van der Waals surface area contributed by atoms with Crippen LogP contribution >= 0.6 is 0 Å². The lowest BCUT2D eigenvalue weighted by Gasteiger charge is -2.41. The zero-order valence-electron chi connectivity index (χ0n) is 14.3. The summed E-state index contributed by atoms with van der Waals surface area (Å²) >= 11 is 0. The highest BCUT2D eigenvalue weighted by molar-refractivity contribution is 5.83. The molecule has 0 saturated carbocycles. The summed E-state index contributed by atoms with van der Waals surface area (Å²) in [6, 6.07) is 1.05. The van der Waals surface area contributed by atoms with Crippen molar-refractivity contribution < 1.29 is 4.79 Å². The van der Waals surface area contributed by atoms with Crippen molar-refractivity contribution in [3.63, 3.8) is 0 Å². The number of carbonyl (C=O) groups is 1. The van der Waals surface area contributed by atoms with Crippen LogP contribution in [0.5, 0.6) is 0 Å². The highest BCUT2D eigenvalue weighted by Gasteiger charge is 2.43. The van der Waals surface area contributed by atoms with Gasteiger partial charge in [0.25, 0.3) is 0 Å². The second kappa shape index (κ2) is 7.10. The molecule has 122 valence electrons. The molecule has 1 amide bonds. The molecule has 0 aromatic rings. The first-order valence-corrected chi connectivity index (χ1v) is 8.72. The van der Waals surface area contributed by atoms with E-state index in [1.165, 1.54) is 0 Å². The van der Waals surface area contributed by atoms with E-state index in [1.807, 2.05) is 7.05 Å². The Morgan fingerprint density at radius 3 is 2.52 bits per heavy atom. The molecule has 0 aliphatic carbocycles.